The molecular formula is C26H38N6O4. The molecule has 0 spiro atoms. The lowest BCUT2D eigenvalue weighted by Gasteiger charge is -2.41. The monoisotopic (exact) mass is 498 g/mol. The smallest absolute Gasteiger partial charge is 0.252 e. The van der Waals surface area contributed by atoms with Crippen LogP contribution >= 0.6 is 0 Å². The maximum absolute atomic E-state index is 13.3. The molecule has 2 heterocycles. The van der Waals surface area contributed by atoms with E-state index >= 15 is 0 Å². The summed E-state index contributed by atoms with van der Waals surface area (Å²) in [5.41, 5.74) is 1.33. The Balaban J connectivity index is 1.76. The van der Waals surface area contributed by atoms with Gasteiger partial charge in [0.25, 0.3) is 5.56 Å². The Kier molecular flexibility index (Phi) is 8.58. The first-order chi connectivity index (χ1) is 17.5. The minimum Gasteiger partial charge on any atom is -0.493 e. The van der Waals surface area contributed by atoms with E-state index in [4.69, 9.17) is 14.2 Å². The number of tetrazole rings is 1. The van der Waals surface area contributed by atoms with Crippen molar-refractivity contribution in [3.63, 3.8) is 0 Å². The molecule has 1 atom stereocenters. The highest BCUT2D eigenvalue weighted by Gasteiger charge is 2.34. The summed E-state index contributed by atoms with van der Waals surface area (Å²) in [4.78, 5) is 18.8. The van der Waals surface area contributed by atoms with Gasteiger partial charge in [-0.15, -0.1) is 5.10 Å². The summed E-state index contributed by atoms with van der Waals surface area (Å²) in [5.74, 6) is 2.27. The van der Waals surface area contributed by atoms with Crippen LogP contribution in [0.3, 0.4) is 0 Å². The summed E-state index contributed by atoms with van der Waals surface area (Å²) in [6.45, 7) is 6.00. The molecule has 10 heteroatoms. The molecule has 1 aromatic carbocycles. The second kappa shape index (κ2) is 11.8. The van der Waals surface area contributed by atoms with Crippen molar-refractivity contribution < 1.29 is 14.2 Å². The van der Waals surface area contributed by atoms with Crippen molar-refractivity contribution in [1.82, 2.24) is 30.1 Å². The number of rotatable bonds is 11. The van der Waals surface area contributed by atoms with Crippen molar-refractivity contribution in [1.29, 1.82) is 0 Å². The van der Waals surface area contributed by atoms with Crippen LogP contribution in [0.4, 0.5) is 0 Å². The average Bonchev–Trinajstić information content (AvgIpc) is 3.34. The molecule has 0 saturated heterocycles. The summed E-state index contributed by atoms with van der Waals surface area (Å²) < 4.78 is 18.0. The number of nitrogens with zero attached hydrogens (tertiary/aromatic N) is 5. The number of fused-ring (bicyclic) bond motifs is 1. The number of hydrogen-bond acceptors (Lipinski definition) is 8. The van der Waals surface area contributed by atoms with Gasteiger partial charge in [-0.25, -0.2) is 4.68 Å². The van der Waals surface area contributed by atoms with Crippen LogP contribution in [-0.2, 0) is 17.8 Å². The lowest BCUT2D eigenvalue weighted by molar-refractivity contribution is 0.0597. The maximum atomic E-state index is 13.3. The van der Waals surface area contributed by atoms with Crippen molar-refractivity contribution in [2.75, 3.05) is 27.9 Å². The molecular weight excluding hydrogens is 460 g/mol. The van der Waals surface area contributed by atoms with Crippen LogP contribution in [0.25, 0.3) is 10.9 Å². The Morgan fingerprint density at radius 3 is 2.47 bits per heavy atom. The van der Waals surface area contributed by atoms with Gasteiger partial charge in [-0.1, -0.05) is 33.1 Å². The molecule has 1 aliphatic carbocycles. The number of pyridine rings is 1. The van der Waals surface area contributed by atoms with Crippen LogP contribution in [0.2, 0.25) is 0 Å². The first kappa shape index (κ1) is 26.1. The molecule has 4 rings (SSSR count). The number of benzene rings is 1. The van der Waals surface area contributed by atoms with E-state index in [0.29, 0.717) is 42.8 Å². The fourth-order valence-electron chi connectivity index (χ4n) is 5.35. The molecule has 0 radical (unpaired) electrons. The van der Waals surface area contributed by atoms with E-state index in [1.54, 1.807) is 27.4 Å². The van der Waals surface area contributed by atoms with Gasteiger partial charge in [0, 0.05) is 36.7 Å². The van der Waals surface area contributed by atoms with E-state index in [1.165, 1.54) is 19.3 Å². The minimum absolute atomic E-state index is 0.0412. The molecule has 10 nitrogen and oxygen atoms in total. The lowest BCUT2D eigenvalue weighted by atomic mass is 9.90. The van der Waals surface area contributed by atoms with Crippen molar-refractivity contribution in [3.8, 4) is 11.5 Å². The number of methoxy groups -OCH3 is 3. The Bertz CT molecular complexity index is 1200. The van der Waals surface area contributed by atoms with Gasteiger partial charge in [0.15, 0.2) is 17.3 Å². The predicted molar refractivity (Wildman–Crippen MR) is 137 cm³/mol. The fourth-order valence-corrected chi connectivity index (χ4v) is 5.35. The van der Waals surface area contributed by atoms with E-state index in [2.05, 4.69) is 39.3 Å². The van der Waals surface area contributed by atoms with Gasteiger partial charge in [-0.2, -0.15) is 0 Å². The normalized spacial score (nSPS) is 15.6. The predicted octanol–water partition coefficient (Wildman–Crippen LogP) is 3.71. The number of aromatic amines is 1. The van der Waals surface area contributed by atoms with Crippen LogP contribution in [0.15, 0.2) is 23.0 Å². The highest BCUT2D eigenvalue weighted by molar-refractivity contribution is 5.83. The van der Waals surface area contributed by atoms with E-state index in [-0.39, 0.29) is 17.5 Å². The van der Waals surface area contributed by atoms with Gasteiger partial charge in [0.05, 0.1) is 38.9 Å². The number of H-pyrrole nitrogens is 1. The van der Waals surface area contributed by atoms with Crippen LogP contribution in [0.1, 0.15) is 63.4 Å². The van der Waals surface area contributed by atoms with Crippen molar-refractivity contribution in [3.05, 3.63) is 39.9 Å². The highest BCUT2D eigenvalue weighted by Crippen LogP contribution is 2.36. The minimum atomic E-state index is -0.1000. The van der Waals surface area contributed by atoms with E-state index in [1.807, 2.05) is 16.8 Å². The number of aromatic nitrogens is 5. The number of nitrogens with one attached hydrogen (secondary N) is 1. The number of hydrogen-bond donors (Lipinski definition) is 1. The quantitative estimate of drug-likeness (QED) is 0.426. The summed E-state index contributed by atoms with van der Waals surface area (Å²) in [5, 5.41) is 13.6. The van der Waals surface area contributed by atoms with Gasteiger partial charge in [0.2, 0.25) is 0 Å². The topological polar surface area (TPSA) is 107 Å². The van der Waals surface area contributed by atoms with E-state index in [9.17, 15) is 4.79 Å². The highest BCUT2D eigenvalue weighted by atomic mass is 16.5. The van der Waals surface area contributed by atoms with Gasteiger partial charge >= 0.3 is 0 Å². The standard InChI is InChI=1S/C26H38N6O4/c1-17(2)24(25-28-29-30-32(25)11-12-34-3)31(20-9-7-6-8-10-20)16-19-13-18-14-22(35-4)23(36-5)15-21(18)27-26(19)33/h13-15,17,20,24H,6-12,16H2,1-5H3,(H,27,33)/t24-/m1/s1. The van der Waals surface area contributed by atoms with Crippen LogP contribution in [0.5, 0.6) is 11.5 Å². The molecule has 0 amide bonds. The molecule has 0 aliphatic heterocycles. The van der Waals surface area contributed by atoms with Crippen molar-refractivity contribution >= 4 is 10.9 Å². The Hall–Kier alpha value is -2.98. The van der Waals surface area contributed by atoms with E-state index < -0.39 is 0 Å². The molecule has 1 N–H and O–H groups in total. The second-order valence-corrected chi connectivity index (χ2v) is 9.82. The first-order valence-corrected chi connectivity index (χ1v) is 12.8. The molecule has 1 aliphatic rings. The average molecular weight is 499 g/mol. The van der Waals surface area contributed by atoms with Gasteiger partial charge in [0.1, 0.15) is 0 Å². The van der Waals surface area contributed by atoms with Gasteiger partial charge in [-0.3, -0.25) is 9.69 Å². The third kappa shape index (κ3) is 5.54. The molecule has 1 saturated carbocycles. The Morgan fingerprint density at radius 2 is 1.81 bits per heavy atom. The van der Waals surface area contributed by atoms with Crippen LogP contribution in [0, 0.1) is 5.92 Å². The van der Waals surface area contributed by atoms with Gasteiger partial charge in [-0.05, 0) is 41.3 Å². The summed E-state index contributed by atoms with van der Waals surface area (Å²) in [6, 6.07) is 5.99. The van der Waals surface area contributed by atoms with Crippen molar-refractivity contribution in [2.24, 2.45) is 5.92 Å². The number of ether oxygens (including phenoxy) is 3. The second-order valence-electron chi connectivity index (χ2n) is 9.82. The zero-order valence-electron chi connectivity index (χ0n) is 22.0. The summed E-state index contributed by atoms with van der Waals surface area (Å²) in [6.07, 6.45) is 5.82. The fraction of sp³-hybridized carbons (Fsp3) is 0.615. The SMILES string of the molecule is COCCn1nnnc1[C@@H](C(C)C)N(Cc1cc2cc(OC)c(OC)cc2[nH]c1=O)C1CCCCC1. The van der Waals surface area contributed by atoms with E-state index in [0.717, 1.165) is 29.6 Å². The third-order valence-electron chi connectivity index (χ3n) is 7.14. The largest absolute Gasteiger partial charge is 0.493 e. The van der Waals surface area contributed by atoms with Crippen LogP contribution in [-0.4, -0.2) is 64.1 Å². The zero-order chi connectivity index (χ0) is 25.7. The summed E-state index contributed by atoms with van der Waals surface area (Å²) >= 11 is 0. The van der Waals surface area contributed by atoms with Gasteiger partial charge < -0.3 is 19.2 Å². The van der Waals surface area contributed by atoms with Crippen LogP contribution < -0.4 is 15.0 Å². The summed E-state index contributed by atoms with van der Waals surface area (Å²) in [7, 11) is 4.88. The Morgan fingerprint density at radius 1 is 1.08 bits per heavy atom. The first-order valence-electron chi connectivity index (χ1n) is 12.8. The molecule has 0 unspecified atom stereocenters. The lowest BCUT2D eigenvalue weighted by Crippen LogP contribution is -2.43. The Labute approximate surface area is 211 Å². The maximum Gasteiger partial charge on any atom is 0.252 e. The molecule has 196 valence electrons. The molecule has 0 bridgehead atoms. The molecule has 1 fully saturated rings. The zero-order valence-corrected chi connectivity index (χ0v) is 22.0. The third-order valence-corrected chi connectivity index (χ3v) is 7.14. The molecule has 2 aromatic heterocycles. The van der Waals surface area contributed by atoms with Crippen molar-refractivity contribution in [2.45, 2.75) is 71.1 Å². The molecule has 36 heavy (non-hydrogen) atoms. The molecule has 3 aromatic rings.